The maximum atomic E-state index is 14.2. The van der Waals surface area contributed by atoms with Crippen molar-refractivity contribution in [3.63, 3.8) is 0 Å². The zero-order valence-corrected chi connectivity index (χ0v) is 25.5. The van der Waals surface area contributed by atoms with Crippen LogP contribution in [0.2, 0.25) is 0 Å². The van der Waals surface area contributed by atoms with Gasteiger partial charge >= 0.3 is 0 Å². The second-order valence-electron chi connectivity index (χ2n) is 14.9. The number of amides is 1. The molecular formula is C34H42F2N4O3. The van der Waals surface area contributed by atoms with Crippen molar-refractivity contribution in [1.82, 2.24) is 15.3 Å². The van der Waals surface area contributed by atoms with Crippen LogP contribution in [0.3, 0.4) is 0 Å². The zero-order chi connectivity index (χ0) is 30.0. The van der Waals surface area contributed by atoms with Gasteiger partial charge in [-0.3, -0.25) is 4.79 Å². The lowest BCUT2D eigenvalue weighted by Gasteiger charge is -2.53. The maximum Gasteiger partial charge on any atom is 0.248 e. The third kappa shape index (κ3) is 5.53. The number of anilines is 1. The lowest BCUT2D eigenvalue weighted by Crippen LogP contribution is -2.52. The molecule has 43 heavy (non-hydrogen) atoms. The Morgan fingerprint density at radius 3 is 2.26 bits per heavy atom. The highest BCUT2D eigenvalue weighted by Gasteiger charge is 2.53. The van der Waals surface area contributed by atoms with Gasteiger partial charge < -0.3 is 13.9 Å². The Morgan fingerprint density at radius 2 is 1.63 bits per heavy atom. The summed E-state index contributed by atoms with van der Waals surface area (Å²) in [6, 6.07) is 9.91. The van der Waals surface area contributed by atoms with E-state index in [1.54, 1.807) is 0 Å². The van der Waals surface area contributed by atoms with E-state index in [0.717, 1.165) is 80.0 Å². The van der Waals surface area contributed by atoms with Crippen molar-refractivity contribution >= 4 is 11.6 Å². The number of aromatic nitrogens is 3. The standard InChI is InChI=1S/C34H42F2N4O3/c1-31(2,3)29-37-30(43-39-29)33-16-13-32(14-17-33,15-18-33)21-40(28(41)23-9-11-34(35,36)12-10-23)25-6-4-5-24(19-25)27-20-26(38-42-27)22-7-8-22/h4-6,19-20,22-23H,7-18,21H2,1-3H3. The number of hydrogen-bond acceptors (Lipinski definition) is 6. The molecule has 9 heteroatoms. The van der Waals surface area contributed by atoms with E-state index in [9.17, 15) is 13.6 Å². The Bertz CT molecular complexity index is 1470. The van der Waals surface area contributed by atoms with Gasteiger partial charge in [-0.15, -0.1) is 0 Å². The predicted molar refractivity (Wildman–Crippen MR) is 158 cm³/mol. The van der Waals surface area contributed by atoms with Crippen molar-refractivity contribution in [2.24, 2.45) is 11.3 Å². The number of halogens is 2. The summed E-state index contributed by atoms with van der Waals surface area (Å²) >= 11 is 0. The summed E-state index contributed by atoms with van der Waals surface area (Å²) < 4.78 is 39.6. The Morgan fingerprint density at radius 1 is 0.930 bits per heavy atom. The third-order valence-corrected chi connectivity index (χ3v) is 10.7. The van der Waals surface area contributed by atoms with E-state index >= 15 is 0 Å². The van der Waals surface area contributed by atoms with Gasteiger partial charge in [0.2, 0.25) is 17.7 Å². The molecule has 7 nitrogen and oxygen atoms in total. The van der Waals surface area contributed by atoms with E-state index in [-0.39, 0.29) is 47.8 Å². The number of fused-ring (bicyclic) bond motifs is 3. The van der Waals surface area contributed by atoms with Crippen molar-refractivity contribution in [2.45, 2.75) is 120 Å². The molecule has 0 unspecified atom stereocenters. The summed E-state index contributed by atoms with van der Waals surface area (Å²) in [7, 11) is 0. The van der Waals surface area contributed by atoms with Gasteiger partial charge in [0, 0.05) is 59.4 Å². The monoisotopic (exact) mass is 592 g/mol. The molecular weight excluding hydrogens is 550 g/mol. The smallest absolute Gasteiger partial charge is 0.248 e. The zero-order valence-electron chi connectivity index (χ0n) is 25.5. The summed E-state index contributed by atoms with van der Waals surface area (Å²) in [4.78, 5) is 21.0. The molecule has 5 fully saturated rings. The molecule has 2 aromatic heterocycles. The average molecular weight is 593 g/mol. The number of benzene rings is 1. The first-order valence-corrected chi connectivity index (χ1v) is 16.1. The van der Waals surface area contributed by atoms with Crippen molar-refractivity contribution in [3.05, 3.63) is 47.7 Å². The minimum Gasteiger partial charge on any atom is -0.356 e. The fraction of sp³-hybridized carbons (Fsp3) is 0.647. The number of alkyl halides is 2. The topological polar surface area (TPSA) is 85.3 Å². The molecule has 1 amide bonds. The van der Waals surface area contributed by atoms with Crippen LogP contribution in [0.5, 0.6) is 0 Å². The molecule has 1 aromatic carbocycles. The summed E-state index contributed by atoms with van der Waals surface area (Å²) in [5.41, 5.74) is 2.35. The van der Waals surface area contributed by atoms with Crippen LogP contribution < -0.4 is 4.90 Å². The predicted octanol–water partition coefficient (Wildman–Crippen LogP) is 8.35. The SMILES string of the molecule is CC(C)(C)c1noc(C23CCC(CN(C(=O)C4CCC(F)(F)CC4)c4cccc(-c5cc(C6CC6)no5)c4)(CC2)CC3)n1. The maximum absolute atomic E-state index is 14.2. The van der Waals surface area contributed by atoms with Gasteiger partial charge in [-0.25, -0.2) is 8.78 Å². The number of rotatable bonds is 7. The highest BCUT2D eigenvalue weighted by molar-refractivity contribution is 5.95. The second kappa shape index (κ2) is 10.2. The van der Waals surface area contributed by atoms with Gasteiger partial charge in [-0.2, -0.15) is 4.98 Å². The first-order valence-electron chi connectivity index (χ1n) is 16.1. The third-order valence-electron chi connectivity index (χ3n) is 10.7. The molecule has 2 bridgehead atoms. The van der Waals surface area contributed by atoms with E-state index in [1.165, 1.54) is 0 Å². The van der Waals surface area contributed by atoms with Crippen molar-refractivity contribution in [3.8, 4) is 11.3 Å². The molecule has 5 aliphatic rings. The number of hydrogen-bond donors (Lipinski definition) is 0. The second-order valence-corrected chi connectivity index (χ2v) is 14.9. The molecule has 2 heterocycles. The lowest BCUT2D eigenvalue weighted by atomic mass is 9.53. The van der Waals surface area contributed by atoms with E-state index < -0.39 is 11.8 Å². The molecule has 0 spiro atoms. The van der Waals surface area contributed by atoms with Gasteiger partial charge in [0.15, 0.2) is 11.6 Å². The molecule has 0 saturated heterocycles. The van der Waals surface area contributed by atoms with Crippen LogP contribution in [0.4, 0.5) is 14.5 Å². The molecule has 5 saturated carbocycles. The van der Waals surface area contributed by atoms with Gasteiger partial charge in [0.05, 0.1) is 5.69 Å². The van der Waals surface area contributed by atoms with Crippen LogP contribution >= 0.6 is 0 Å². The van der Waals surface area contributed by atoms with E-state index in [4.69, 9.17) is 14.0 Å². The lowest BCUT2D eigenvalue weighted by molar-refractivity contribution is -0.127. The number of carbonyl (C=O) groups is 1. The normalized spacial score (nSPS) is 27.4. The summed E-state index contributed by atoms with van der Waals surface area (Å²) in [5, 5.41) is 8.58. The van der Waals surface area contributed by atoms with Gasteiger partial charge in [0.1, 0.15) is 0 Å². The summed E-state index contributed by atoms with van der Waals surface area (Å²) in [6.07, 6.45) is 7.97. The van der Waals surface area contributed by atoms with Crippen molar-refractivity contribution in [2.75, 3.05) is 11.4 Å². The minimum atomic E-state index is -2.68. The molecule has 5 aliphatic carbocycles. The fourth-order valence-corrected chi connectivity index (χ4v) is 7.53. The Balaban J connectivity index is 1.14. The van der Waals surface area contributed by atoms with E-state index in [2.05, 4.69) is 31.1 Å². The Hall–Kier alpha value is -3.10. The summed E-state index contributed by atoms with van der Waals surface area (Å²) in [6.45, 7) is 6.86. The van der Waals surface area contributed by atoms with Crippen LogP contribution in [0, 0.1) is 11.3 Å². The van der Waals surface area contributed by atoms with E-state index in [0.29, 0.717) is 18.2 Å². The molecule has 0 radical (unpaired) electrons. The van der Waals surface area contributed by atoms with Crippen molar-refractivity contribution < 1.29 is 22.6 Å². The number of carbonyl (C=O) groups excluding carboxylic acids is 1. The quantitative estimate of drug-likeness (QED) is 0.274. The van der Waals surface area contributed by atoms with Crippen LogP contribution in [-0.4, -0.2) is 33.7 Å². The first-order chi connectivity index (χ1) is 20.4. The van der Waals surface area contributed by atoms with Gasteiger partial charge in [-0.05, 0) is 81.8 Å². The highest BCUT2D eigenvalue weighted by Crippen LogP contribution is 2.58. The molecule has 0 aliphatic heterocycles. The molecule has 8 rings (SSSR count). The van der Waals surface area contributed by atoms with Crippen LogP contribution in [0.25, 0.3) is 11.3 Å². The molecule has 0 N–H and O–H groups in total. The minimum absolute atomic E-state index is 0.0348. The highest BCUT2D eigenvalue weighted by atomic mass is 19.3. The van der Waals surface area contributed by atoms with Gasteiger partial charge in [-0.1, -0.05) is 43.2 Å². The molecule has 0 atom stereocenters. The Kier molecular flexibility index (Phi) is 6.82. The van der Waals surface area contributed by atoms with Crippen molar-refractivity contribution in [1.29, 1.82) is 0 Å². The van der Waals surface area contributed by atoms with Crippen LogP contribution in [0.1, 0.15) is 121 Å². The fourth-order valence-electron chi connectivity index (χ4n) is 7.53. The largest absolute Gasteiger partial charge is 0.356 e. The average Bonchev–Trinajstić information content (AvgIpc) is 3.48. The van der Waals surface area contributed by atoms with Crippen LogP contribution in [-0.2, 0) is 15.6 Å². The number of nitrogens with zero attached hydrogens (tertiary/aromatic N) is 4. The van der Waals surface area contributed by atoms with Crippen LogP contribution in [0.15, 0.2) is 39.4 Å². The summed E-state index contributed by atoms with van der Waals surface area (Å²) in [5.74, 6) is -0.430. The molecule has 3 aromatic rings. The first kappa shape index (κ1) is 28.7. The molecule has 230 valence electrons. The van der Waals surface area contributed by atoms with Gasteiger partial charge in [0.25, 0.3) is 0 Å². The van der Waals surface area contributed by atoms with E-state index in [1.807, 2.05) is 35.2 Å². The Labute approximate surface area is 251 Å².